The molecule has 2 aromatic rings. The van der Waals surface area contributed by atoms with Crippen LogP contribution in [0.25, 0.3) is 10.9 Å². The number of carbonyl (C=O) groups is 1. The summed E-state index contributed by atoms with van der Waals surface area (Å²) in [6, 6.07) is 4.53. The number of ether oxygens (including phenoxy) is 1. The van der Waals surface area contributed by atoms with Crippen LogP contribution >= 0.6 is 0 Å². The maximum absolute atomic E-state index is 12.8. The summed E-state index contributed by atoms with van der Waals surface area (Å²) in [7, 11) is 2.03. The molecule has 2 aliphatic heterocycles. The molecule has 2 aliphatic rings. The van der Waals surface area contributed by atoms with E-state index in [4.69, 9.17) is 0 Å². The normalized spacial score (nSPS) is 24.1. The Labute approximate surface area is 141 Å². The zero-order valence-corrected chi connectivity index (χ0v) is 13.5. The summed E-state index contributed by atoms with van der Waals surface area (Å²) in [6.45, 7) is 2.31. The molecule has 2 saturated heterocycles. The highest BCUT2D eigenvalue weighted by molar-refractivity contribution is 6.06. The van der Waals surface area contributed by atoms with Crippen molar-refractivity contribution in [3.63, 3.8) is 0 Å². The van der Waals surface area contributed by atoms with Crippen molar-refractivity contribution in [2.75, 3.05) is 26.7 Å². The predicted molar refractivity (Wildman–Crippen MR) is 83.2 cm³/mol. The van der Waals surface area contributed by atoms with Crippen LogP contribution in [0.1, 0.15) is 16.9 Å². The van der Waals surface area contributed by atoms with Gasteiger partial charge in [-0.15, -0.1) is 13.2 Å². The second kappa shape index (κ2) is 5.62. The maximum atomic E-state index is 12.8. The first-order valence-corrected chi connectivity index (χ1v) is 8.06. The van der Waals surface area contributed by atoms with Crippen molar-refractivity contribution in [3.05, 3.63) is 23.9 Å². The molecule has 9 heteroatoms. The maximum Gasteiger partial charge on any atom is 0.573 e. The number of likely N-dealkylation sites (tertiary alicyclic amines) is 2. The Hall–Kier alpha value is -2.29. The Morgan fingerprint density at radius 1 is 1.36 bits per heavy atom. The minimum atomic E-state index is -4.81. The van der Waals surface area contributed by atoms with Crippen molar-refractivity contribution in [1.29, 1.82) is 0 Å². The first kappa shape index (κ1) is 16.2. The fourth-order valence-corrected chi connectivity index (χ4v) is 3.78. The van der Waals surface area contributed by atoms with Crippen LogP contribution in [0, 0.1) is 5.92 Å². The van der Waals surface area contributed by atoms with E-state index in [0.717, 1.165) is 13.0 Å². The fourth-order valence-electron chi connectivity index (χ4n) is 3.78. The Morgan fingerprint density at radius 3 is 2.88 bits per heavy atom. The monoisotopic (exact) mass is 354 g/mol. The quantitative estimate of drug-likeness (QED) is 0.899. The molecule has 1 aromatic heterocycles. The van der Waals surface area contributed by atoms with Gasteiger partial charge in [-0.25, -0.2) is 0 Å². The molecule has 0 aliphatic carbocycles. The average molecular weight is 354 g/mol. The number of rotatable bonds is 2. The van der Waals surface area contributed by atoms with E-state index in [1.165, 1.54) is 12.1 Å². The molecule has 4 rings (SSSR count). The number of carbonyl (C=O) groups excluding carboxylic acids is 1. The number of hydrogen-bond donors (Lipinski definition) is 1. The number of benzene rings is 1. The third kappa shape index (κ3) is 2.82. The number of H-pyrrole nitrogens is 1. The molecule has 2 atom stereocenters. The van der Waals surface area contributed by atoms with Gasteiger partial charge in [0.1, 0.15) is 5.52 Å². The van der Waals surface area contributed by atoms with Gasteiger partial charge in [-0.1, -0.05) is 12.1 Å². The number of likely N-dealkylation sites (N-methyl/N-ethyl adjacent to an activating group) is 1. The number of aromatic amines is 1. The molecule has 3 heterocycles. The van der Waals surface area contributed by atoms with Crippen LogP contribution in [-0.2, 0) is 0 Å². The van der Waals surface area contributed by atoms with E-state index in [-0.39, 0.29) is 17.1 Å². The van der Waals surface area contributed by atoms with E-state index in [1.807, 2.05) is 7.05 Å². The molecule has 2 fully saturated rings. The number of nitrogens with one attached hydrogen (secondary N) is 1. The lowest BCUT2D eigenvalue weighted by Gasteiger charge is -2.51. The number of nitrogens with zero attached hydrogens (tertiary/aromatic N) is 3. The standard InChI is InChI=1S/C16H17F3N4O2/c1-22-7-9-5-6-23(8-11(9)22)15(24)14-10-3-2-4-12(13(10)20-21-14)25-16(17,18)19/h2-4,9,11H,5-8H2,1H3,(H,20,21)/t9?,11-/m1/s1. The van der Waals surface area contributed by atoms with Gasteiger partial charge < -0.3 is 14.5 Å². The van der Waals surface area contributed by atoms with Crippen molar-refractivity contribution in [3.8, 4) is 5.75 Å². The topological polar surface area (TPSA) is 61.5 Å². The van der Waals surface area contributed by atoms with Crippen molar-refractivity contribution >= 4 is 16.8 Å². The minimum absolute atomic E-state index is 0.0684. The number of piperidine rings is 1. The van der Waals surface area contributed by atoms with Gasteiger partial charge in [-0.05, 0) is 25.5 Å². The lowest BCUT2D eigenvalue weighted by molar-refractivity contribution is -0.274. The Kier molecular flexibility index (Phi) is 3.64. The zero-order chi connectivity index (χ0) is 17.8. The van der Waals surface area contributed by atoms with Gasteiger partial charge in [0, 0.05) is 31.1 Å². The molecule has 0 saturated carbocycles. The van der Waals surface area contributed by atoms with E-state index in [1.54, 1.807) is 11.0 Å². The summed E-state index contributed by atoms with van der Waals surface area (Å²) in [4.78, 5) is 16.8. The summed E-state index contributed by atoms with van der Waals surface area (Å²) in [5.74, 6) is -0.0418. The highest BCUT2D eigenvalue weighted by atomic mass is 19.4. The van der Waals surface area contributed by atoms with Gasteiger partial charge in [0.25, 0.3) is 5.91 Å². The molecule has 6 nitrogen and oxygen atoms in total. The molecular formula is C16H17F3N4O2. The van der Waals surface area contributed by atoms with Crippen LogP contribution in [-0.4, -0.2) is 65.0 Å². The van der Waals surface area contributed by atoms with Crippen LogP contribution in [0.2, 0.25) is 0 Å². The average Bonchev–Trinajstić information content (AvgIpc) is 2.97. The SMILES string of the molecule is CN1CC2CCN(C(=O)c3n[nH]c4c(OC(F)(F)F)cccc34)C[C@H]21. The minimum Gasteiger partial charge on any atom is -0.403 e. The lowest BCUT2D eigenvalue weighted by atomic mass is 9.83. The molecular weight excluding hydrogens is 337 g/mol. The molecule has 25 heavy (non-hydrogen) atoms. The number of hydrogen-bond acceptors (Lipinski definition) is 4. The number of alkyl halides is 3. The van der Waals surface area contributed by atoms with Gasteiger partial charge in [0.05, 0.1) is 0 Å². The molecule has 0 radical (unpaired) electrons. The first-order valence-electron chi connectivity index (χ1n) is 8.06. The first-order chi connectivity index (χ1) is 11.8. The Balaban J connectivity index is 1.61. The smallest absolute Gasteiger partial charge is 0.403 e. The van der Waals surface area contributed by atoms with Crippen molar-refractivity contribution in [1.82, 2.24) is 20.0 Å². The van der Waals surface area contributed by atoms with Gasteiger partial charge in [-0.3, -0.25) is 9.89 Å². The van der Waals surface area contributed by atoms with Crippen LogP contribution in [0.5, 0.6) is 5.75 Å². The highest BCUT2D eigenvalue weighted by Gasteiger charge is 2.42. The van der Waals surface area contributed by atoms with E-state index in [0.29, 0.717) is 30.4 Å². The van der Waals surface area contributed by atoms with E-state index in [2.05, 4.69) is 19.8 Å². The summed E-state index contributed by atoms with van der Waals surface area (Å²) < 4.78 is 41.5. The molecule has 0 bridgehead atoms. The molecule has 0 spiro atoms. The summed E-state index contributed by atoms with van der Waals surface area (Å²) in [6.07, 6.45) is -3.87. The fraction of sp³-hybridized carbons (Fsp3) is 0.500. The number of fused-ring (bicyclic) bond motifs is 2. The van der Waals surface area contributed by atoms with Crippen molar-refractivity contribution in [2.24, 2.45) is 5.92 Å². The van der Waals surface area contributed by atoms with E-state index >= 15 is 0 Å². The van der Waals surface area contributed by atoms with Crippen LogP contribution in [0.15, 0.2) is 18.2 Å². The van der Waals surface area contributed by atoms with Crippen LogP contribution < -0.4 is 4.74 Å². The molecule has 1 amide bonds. The van der Waals surface area contributed by atoms with E-state index < -0.39 is 12.1 Å². The second-order valence-electron chi connectivity index (χ2n) is 6.61. The third-order valence-corrected chi connectivity index (χ3v) is 5.09. The van der Waals surface area contributed by atoms with Gasteiger partial charge >= 0.3 is 6.36 Å². The largest absolute Gasteiger partial charge is 0.573 e. The molecule has 1 aromatic carbocycles. The zero-order valence-electron chi connectivity index (χ0n) is 13.5. The number of para-hydroxylation sites is 1. The Bertz CT molecular complexity index is 819. The summed E-state index contributed by atoms with van der Waals surface area (Å²) in [5, 5.41) is 6.80. The second-order valence-corrected chi connectivity index (χ2v) is 6.61. The Morgan fingerprint density at radius 2 is 2.16 bits per heavy atom. The van der Waals surface area contributed by atoms with Crippen LogP contribution in [0.3, 0.4) is 0 Å². The van der Waals surface area contributed by atoms with Crippen LogP contribution in [0.4, 0.5) is 13.2 Å². The lowest BCUT2D eigenvalue weighted by Crippen LogP contribution is -2.63. The van der Waals surface area contributed by atoms with E-state index in [9.17, 15) is 18.0 Å². The number of halogens is 3. The number of amides is 1. The summed E-state index contributed by atoms with van der Waals surface area (Å²) >= 11 is 0. The number of aromatic nitrogens is 2. The highest BCUT2D eigenvalue weighted by Crippen LogP contribution is 2.33. The third-order valence-electron chi connectivity index (χ3n) is 5.09. The molecule has 134 valence electrons. The van der Waals surface area contributed by atoms with Gasteiger partial charge in [0.2, 0.25) is 0 Å². The predicted octanol–water partition coefficient (Wildman–Crippen LogP) is 2.24. The molecule has 1 unspecified atom stereocenters. The molecule has 1 N–H and O–H groups in total. The van der Waals surface area contributed by atoms with Crippen molar-refractivity contribution in [2.45, 2.75) is 18.8 Å². The van der Waals surface area contributed by atoms with Gasteiger partial charge in [0.15, 0.2) is 11.4 Å². The summed E-state index contributed by atoms with van der Waals surface area (Å²) in [5.41, 5.74) is 0.196. The van der Waals surface area contributed by atoms with Gasteiger partial charge in [-0.2, -0.15) is 5.10 Å². The van der Waals surface area contributed by atoms with Crippen molar-refractivity contribution < 1.29 is 22.7 Å².